The van der Waals surface area contributed by atoms with Crippen LogP contribution in [0.2, 0.25) is 0 Å². The van der Waals surface area contributed by atoms with E-state index < -0.39 is 0 Å². The molecule has 1 saturated heterocycles. The van der Waals surface area contributed by atoms with Gasteiger partial charge in [0.05, 0.1) is 0 Å². The third-order valence-corrected chi connectivity index (χ3v) is 5.73. The molecule has 2 rings (SSSR count). The Labute approximate surface area is 113 Å². The minimum Gasteiger partial charge on any atom is -0.302 e. The molecule has 0 aromatic carbocycles. The minimum absolute atomic E-state index is 0.549. The van der Waals surface area contributed by atoms with Crippen LogP contribution in [-0.2, 0) is 0 Å². The number of hydrogen-bond donors (Lipinski definition) is 1. The van der Waals surface area contributed by atoms with Gasteiger partial charge in [-0.1, -0.05) is 33.1 Å². The molecule has 0 radical (unpaired) electrons. The van der Waals surface area contributed by atoms with Gasteiger partial charge in [0.15, 0.2) is 0 Å². The van der Waals surface area contributed by atoms with E-state index in [4.69, 9.17) is 0 Å². The van der Waals surface area contributed by atoms with E-state index in [1.807, 2.05) is 0 Å². The largest absolute Gasteiger partial charge is 0.302 e. The molecule has 1 aliphatic carbocycles. The SMILES string of the molecule is CC(C)C1CCN(CC2(CS)CCCCC2)C1. The highest BCUT2D eigenvalue weighted by molar-refractivity contribution is 7.80. The first-order chi connectivity index (χ1) is 8.15. The summed E-state index contributed by atoms with van der Waals surface area (Å²) < 4.78 is 0. The van der Waals surface area contributed by atoms with Gasteiger partial charge in [-0.3, -0.25) is 0 Å². The van der Waals surface area contributed by atoms with Crippen molar-refractivity contribution in [2.45, 2.75) is 52.4 Å². The quantitative estimate of drug-likeness (QED) is 0.747. The maximum Gasteiger partial charge on any atom is 0.00459 e. The summed E-state index contributed by atoms with van der Waals surface area (Å²) in [6.45, 7) is 8.75. The third-order valence-electron chi connectivity index (χ3n) is 5.06. The van der Waals surface area contributed by atoms with Crippen LogP contribution in [0.15, 0.2) is 0 Å². The second-order valence-corrected chi connectivity index (χ2v) is 7.06. The van der Waals surface area contributed by atoms with Crippen molar-refractivity contribution < 1.29 is 0 Å². The van der Waals surface area contributed by atoms with E-state index in [1.165, 1.54) is 58.2 Å². The summed E-state index contributed by atoms with van der Waals surface area (Å²) >= 11 is 4.66. The Morgan fingerprint density at radius 1 is 1.24 bits per heavy atom. The van der Waals surface area contributed by atoms with Crippen molar-refractivity contribution in [1.82, 2.24) is 4.90 Å². The molecule has 1 saturated carbocycles. The summed E-state index contributed by atoms with van der Waals surface area (Å²) in [4.78, 5) is 2.73. The van der Waals surface area contributed by atoms with Gasteiger partial charge in [-0.2, -0.15) is 12.6 Å². The lowest BCUT2D eigenvalue weighted by molar-refractivity contribution is 0.139. The summed E-state index contributed by atoms with van der Waals surface area (Å²) in [7, 11) is 0. The molecule has 100 valence electrons. The van der Waals surface area contributed by atoms with Gasteiger partial charge in [-0.25, -0.2) is 0 Å². The molecule has 17 heavy (non-hydrogen) atoms. The van der Waals surface area contributed by atoms with Gasteiger partial charge < -0.3 is 4.90 Å². The Kier molecular flexibility index (Phi) is 4.82. The van der Waals surface area contributed by atoms with Crippen molar-refractivity contribution in [3.8, 4) is 0 Å². The zero-order valence-corrected chi connectivity index (χ0v) is 12.5. The normalized spacial score (nSPS) is 30.0. The van der Waals surface area contributed by atoms with Gasteiger partial charge in [-0.05, 0) is 48.8 Å². The van der Waals surface area contributed by atoms with E-state index in [2.05, 4.69) is 31.4 Å². The zero-order valence-electron chi connectivity index (χ0n) is 11.6. The summed E-state index contributed by atoms with van der Waals surface area (Å²) in [5.74, 6) is 2.89. The third kappa shape index (κ3) is 3.41. The molecular formula is C15H29NS. The van der Waals surface area contributed by atoms with E-state index in [0.717, 1.165) is 17.6 Å². The summed E-state index contributed by atoms with van der Waals surface area (Å²) in [6, 6.07) is 0. The number of rotatable bonds is 4. The van der Waals surface area contributed by atoms with E-state index in [-0.39, 0.29) is 0 Å². The van der Waals surface area contributed by atoms with Crippen molar-refractivity contribution in [3.05, 3.63) is 0 Å². The van der Waals surface area contributed by atoms with Crippen molar-refractivity contribution in [2.24, 2.45) is 17.3 Å². The van der Waals surface area contributed by atoms with Gasteiger partial charge in [0.1, 0.15) is 0 Å². The molecule has 0 aromatic heterocycles. The summed E-state index contributed by atoms with van der Waals surface area (Å²) in [5.41, 5.74) is 0.549. The first-order valence-corrected chi connectivity index (χ1v) is 8.12. The molecule has 1 nitrogen and oxygen atoms in total. The van der Waals surface area contributed by atoms with Gasteiger partial charge in [0.2, 0.25) is 0 Å². The van der Waals surface area contributed by atoms with Crippen LogP contribution >= 0.6 is 12.6 Å². The zero-order chi connectivity index (χ0) is 12.3. The first kappa shape index (κ1) is 13.7. The highest BCUT2D eigenvalue weighted by Gasteiger charge is 2.35. The molecule has 2 fully saturated rings. The number of likely N-dealkylation sites (tertiary alicyclic amines) is 1. The van der Waals surface area contributed by atoms with Gasteiger partial charge in [-0.15, -0.1) is 0 Å². The second kappa shape index (κ2) is 5.97. The molecule has 2 aliphatic rings. The van der Waals surface area contributed by atoms with Crippen LogP contribution in [0.5, 0.6) is 0 Å². The number of nitrogens with zero attached hydrogens (tertiary/aromatic N) is 1. The molecule has 1 heterocycles. The molecular weight excluding hydrogens is 226 g/mol. The molecule has 2 heteroatoms. The molecule has 0 spiro atoms. The second-order valence-electron chi connectivity index (χ2n) is 6.75. The minimum atomic E-state index is 0.549. The fraction of sp³-hybridized carbons (Fsp3) is 1.00. The van der Waals surface area contributed by atoms with Crippen LogP contribution in [0, 0.1) is 17.3 Å². The van der Waals surface area contributed by atoms with Gasteiger partial charge in [0, 0.05) is 13.1 Å². The van der Waals surface area contributed by atoms with Crippen LogP contribution in [0.1, 0.15) is 52.4 Å². The fourth-order valence-corrected chi connectivity index (χ4v) is 4.11. The Morgan fingerprint density at radius 2 is 1.94 bits per heavy atom. The maximum atomic E-state index is 4.66. The highest BCUT2D eigenvalue weighted by atomic mass is 32.1. The lowest BCUT2D eigenvalue weighted by Gasteiger charge is -2.39. The smallest absolute Gasteiger partial charge is 0.00459 e. The van der Waals surface area contributed by atoms with Crippen LogP contribution in [0.4, 0.5) is 0 Å². The Bertz CT molecular complexity index is 233. The van der Waals surface area contributed by atoms with Gasteiger partial charge >= 0.3 is 0 Å². The first-order valence-electron chi connectivity index (χ1n) is 7.48. The molecule has 1 aliphatic heterocycles. The average Bonchev–Trinajstić information content (AvgIpc) is 2.79. The lowest BCUT2D eigenvalue weighted by Crippen LogP contribution is -2.39. The van der Waals surface area contributed by atoms with E-state index in [1.54, 1.807) is 0 Å². The highest BCUT2D eigenvalue weighted by Crippen LogP contribution is 2.39. The Balaban J connectivity index is 1.87. The molecule has 0 N–H and O–H groups in total. The van der Waals surface area contributed by atoms with E-state index >= 15 is 0 Å². The van der Waals surface area contributed by atoms with E-state index in [9.17, 15) is 0 Å². The van der Waals surface area contributed by atoms with Crippen molar-refractivity contribution in [1.29, 1.82) is 0 Å². The molecule has 0 amide bonds. The Hall–Kier alpha value is 0.310. The average molecular weight is 255 g/mol. The van der Waals surface area contributed by atoms with Crippen molar-refractivity contribution in [2.75, 3.05) is 25.4 Å². The standard InChI is InChI=1S/C15H29NS/c1-13(2)14-6-9-16(10-14)11-15(12-17)7-4-3-5-8-15/h13-14,17H,3-12H2,1-2H3. The summed E-state index contributed by atoms with van der Waals surface area (Å²) in [5, 5.41) is 0. The number of hydrogen-bond acceptors (Lipinski definition) is 2. The van der Waals surface area contributed by atoms with Crippen LogP contribution in [0.3, 0.4) is 0 Å². The fourth-order valence-electron chi connectivity index (χ4n) is 3.69. The van der Waals surface area contributed by atoms with Crippen LogP contribution in [0.25, 0.3) is 0 Å². The van der Waals surface area contributed by atoms with Crippen LogP contribution in [-0.4, -0.2) is 30.3 Å². The predicted octanol–water partition coefficient (Wildman–Crippen LogP) is 3.84. The maximum absolute atomic E-state index is 4.66. The predicted molar refractivity (Wildman–Crippen MR) is 78.8 cm³/mol. The monoisotopic (exact) mass is 255 g/mol. The summed E-state index contributed by atoms with van der Waals surface area (Å²) in [6.07, 6.45) is 8.56. The van der Waals surface area contributed by atoms with Gasteiger partial charge in [0.25, 0.3) is 0 Å². The molecule has 1 atom stereocenters. The van der Waals surface area contributed by atoms with E-state index in [0.29, 0.717) is 5.41 Å². The van der Waals surface area contributed by atoms with Crippen molar-refractivity contribution >= 4 is 12.6 Å². The molecule has 1 unspecified atom stereocenters. The molecule has 0 bridgehead atoms. The number of thiol groups is 1. The van der Waals surface area contributed by atoms with Crippen molar-refractivity contribution in [3.63, 3.8) is 0 Å². The Morgan fingerprint density at radius 3 is 2.47 bits per heavy atom. The topological polar surface area (TPSA) is 3.24 Å². The lowest BCUT2D eigenvalue weighted by atomic mass is 9.75. The van der Waals surface area contributed by atoms with Crippen LogP contribution < -0.4 is 0 Å². The molecule has 0 aromatic rings.